The second kappa shape index (κ2) is 9.28. The van der Waals surface area contributed by atoms with E-state index in [0.29, 0.717) is 43.7 Å². The highest BCUT2D eigenvalue weighted by atomic mass is 32.2. The first kappa shape index (κ1) is 21.6. The number of benzene rings is 2. The zero-order valence-electron chi connectivity index (χ0n) is 17.6. The molecule has 2 aliphatic rings. The lowest BCUT2D eigenvalue weighted by Crippen LogP contribution is -2.51. The number of hydrogen-bond acceptors (Lipinski definition) is 5. The summed E-state index contributed by atoms with van der Waals surface area (Å²) < 4.78 is 40.0. The van der Waals surface area contributed by atoms with Gasteiger partial charge in [-0.25, -0.2) is 8.42 Å². The molecule has 1 unspecified atom stereocenters. The van der Waals surface area contributed by atoms with Gasteiger partial charge in [0.05, 0.1) is 4.90 Å². The van der Waals surface area contributed by atoms with Crippen LogP contribution in [0.15, 0.2) is 53.4 Å². The minimum atomic E-state index is -3.94. The number of piperidine rings is 1. The van der Waals surface area contributed by atoms with Gasteiger partial charge in [-0.2, -0.15) is 4.72 Å². The zero-order chi connectivity index (χ0) is 21.8. The van der Waals surface area contributed by atoms with E-state index in [4.69, 9.17) is 9.47 Å². The third-order valence-corrected chi connectivity index (χ3v) is 7.27. The molecule has 0 aromatic heterocycles. The molecule has 0 bridgehead atoms. The molecule has 31 heavy (non-hydrogen) atoms. The summed E-state index contributed by atoms with van der Waals surface area (Å²) in [5, 5.41) is 0. The lowest BCUT2D eigenvalue weighted by atomic mass is 9.98. The van der Waals surface area contributed by atoms with Crippen molar-refractivity contribution in [2.45, 2.75) is 37.1 Å². The monoisotopic (exact) mass is 444 g/mol. The van der Waals surface area contributed by atoms with Crippen molar-refractivity contribution < 1.29 is 22.7 Å². The fraction of sp³-hybridized carbons (Fsp3) is 0.435. The molecule has 0 aliphatic carbocycles. The Morgan fingerprint density at radius 2 is 1.74 bits per heavy atom. The number of nitrogens with one attached hydrogen (secondary N) is 1. The molecule has 4 rings (SSSR count). The molecule has 1 saturated heterocycles. The van der Waals surface area contributed by atoms with E-state index in [9.17, 15) is 13.2 Å². The molecule has 0 spiro atoms. The Hall–Kier alpha value is -2.58. The molecule has 0 saturated carbocycles. The van der Waals surface area contributed by atoms with Gasteiger partial charge in [0.25, 0.3) is 0 Å². The molecular weight excluding hydrogens is 416 g/mol. The van der Waals surface area contributed by atoms with E-state index in [1.54, 1.807) is 11.0 Å². The van der Waals surface area contributed by atoms with Gasteiger partial charge in [-0.05, 0) is 42.9 Å². The first-order valence-electron chi connectivity index (χ1n) is 10.7. The van der Waals surface area contributed by atoms with Gasteiger partial charge in [0.2, 0.25) is 15.9 Å². The van der Waals surface area contributed by atoms with Crippen molar-refractivity contribution >= 4 is 15.9 Å². The van der Waals surface area contributed by atoms with Crippen molar-refractivity contribution in [2.24, 2.45) is 5.92 Å². The predicted molar refractivity (Wildman–Crippen MR) is 117 cm³/mol. The number of likely N-dealkylation sites (tertiary alicyclic amines) is 1. The standard InChI is InChI=1S/C23H28N2O5S/c1-17-9-11-25(12-10-17)23(26)20(15-18-5-3-2-4-6-18)24-31(27,28)19-7-8-21-22(16-19)30-14-13-29-21/h2-8,16-17,20,24H,9-15H2,1H3. The summed E-state index contributed by atoms with van der Waals surface area (Å²) in [6.07, 6.45) is 2.15. The van der Waals surface area contributed by atoms with E-state index in [0.717, 1.165) is 18.4 Å². The third kappa shape index (κ3) is 5.19. The zero-order valence-corrected chi connectivity index (χ0v) is 18.4. The number of rotatable bonds is 6. The van der Waals surface area contributed by atoms with Crippen LogP contribution in [0.25, 0.3) is 0 Å². The molecule has 2 heterocycles. The number of carbonyl (C=O) groups is 1. The highest BCUT2D eigenvalue weighted by molar-refractivity contribution is 7.89. The van der Waals surface area contributed by atoms with Crippen molar-refractivity contribution in [3.8, 4) is 11.5 Å². The molecule has 1 atom stereocenters. The van der Waals surface area contributed by atoms with Crippen molar-refractivity contribution in [2.75, 3.05) is 26.3 Å². The van der Waals surface area contributed by atoms with Gasteiger partial charge in [0.1, 0.15) is 19.3 Å². The van der Waals surface area contributed by atoms with Gasteiger partial charge in [-0.15, -0.1) is 0 Å². The summed E-state index contributed by atoms with van der Waals surface area (Å²) in [6.45, 7) is 4.27. The Balaban J connectivity index is 1.57. The Morgan fingerprint density at radius 3 is 2.45 bits per heavy atom. The molecule has 2 aromatic carbocycles. The van der Waals surface area contributed by atoms with E-state index >= 15 is 0 Å². The molecule has 0 radical (unpaired) electrons. The van der Waals surface area contributed by atoms with Crippen LogP contribution in [-0.4, -0.2) is 51.6 Å². The van der Waals surface area contributed by atoms with Gasteiger partial charge in [-0.3, -0.25) is 4.79 Å². The largest absolute Gasteiger partial charge is 0.486 e. The maximum Gasteiger partial charge on any atom is 0.241 e. The lowest BCUT2D eigenvalue weighted by Gasteiger charge is -2.33. The van der Waals surface area contributed by atoms with E-state index in [1.165, 1.54) is 12.1 Å². The normalized spacial score (nSPS) is 17.9. The van der Waals surface area contributed by atoms with Crippen molar-refractivity contribution in [1.82, 2.24) is 9.62 Å². The molecule has 1 fully saturated rings. The number of amides is 1. The van der Waals surface area contributed by atoms with Crippen molar-refractivity contribution in [3.05, 3.63) is 54.1 Å². The van der Waals surface area contributed by atoms with Crippen LogP contribution in [0.2, 0.25) is 0 Å². The first-order valence-corrected chi connectivity index (χ1v) is 12.2. The van der Waals surface area contributed by atoms with Gasteiger partial charge in [-0.1, -0.05) is 37.3 Å². The summed E-state index contributed by atoms with van der Waals surface area (Å²) in [4.78, 5) is 15.1. The van der Waals surface area contributed by atoms with E-state index in [1.807, 2.05) is 30.3 Å². The van der Waals surface area contributed by atoms with Crippen LogP contribution in [0, 0.1) is 5.92 Å². The molecular formula is C23H28N2O5S. The molecule has 7 nitrogen and oxygen atoms in total. The predicted octanol–water partition coefficient (Wildman–Crippen LogP) is 2.61. The van der Waals surface area contributed by atoms with Crippen LogP contribution < -0.4 is 14.2 Å². The molecule has 8 heteroatoms. The quantitative estimate of drug-likeness (QED) is 0.740. The topological polar surface area (TPSA) is 84.9 Å². The summed E-state index contributed by atoms with van der Waals surface area (Å²) in [6, 6.07) is 13.1. The number of fused-ring (bicyclic) bond motifs is 1. The first-order chi connectivity index (χ1) is 14.9. The number of sulfonamides is 1. The Kier molecular flexibility index (Phi) is 6.48. The van der Waals surface area contributed by atoms with Crippen LogP contribution in [0.5, 0.6) is 11.5 Å². The van der Waals surface area contributed by atoms with Gasteiger partial charge >= 0.3 is 0 Å². The summed E-state index contributed by atoms with van der Waals surface area (Å²) in [5.41, 5.74) is 0.899. The number of hydrogen-bond donors (Lipinski definition) is 1. The fourth-order valence-electron chi connectivity index (χ4n) is 3.92. The van der Waals surface area contributed by atoms with Crippen LogP contribution in [0.3, 0.4) is 0 Å². The average molecular weight is 445 g/mol. The minimum Gasteiger partial charge on any atom is -0.486 e. The fourth-order valence-corrected chi connectivity index (χ4v) is 5.13. The minimum absolute atomic E-state index is 0.0508. The Bertz CT molecular complexity index is 1020. The summed E-state index contributed by atoms with van der Waals surface area (Å²) >= 11 is 0. The van der Waals surface area contributed by atoms with Crippen molar-refractivity contribution in [3.63, 3.8) is 0 Å². The average Bonchev–Trinajstić information content (AvgIpc) is 2.79. The molecule has 166 valence electrons. The van der Waals surface area contributed by atoms with Gasteiger partial charge in [0.15, 0.2) is 11.5 Å². The highest BCUT2D eigenvalue weighted by Gasteiger charge is 2.31. The second-order valence-corrected chi connectivity index (χ2v) is 9.89. The highest BCUT2D eigenvalue weighted by Crippen LogP contribution is 2.32. The summed E-state index contributed by atoms with van der Waals surface area (Å²) in [5.74, 6) is 1.30. The van der Waals surface area contributed by atoms with E-state index in [-0.39, 0.29) is 17.2 Å². The molecule has 2 aromatic rings. The molecule has 1 N–H and O–H groups in total. The second-order valence-electron chi connectivity index (χ2n) is 8.18. The van der Waals surface area contributed by atoms with E-state index < -0.39 is 16.1 Å². The van der Waals surface area contributed by atoms with Crippen LogP contribution in [0.1, 0.15) is 25.3 Å². The maximum absolute atomic E-state index is 13.3. The van der Waals surface area contributed by atoms with Gasteiger partial charge in [0, 0.05) is 19.2 Å². The SMILES string of the molecule is CC1CCN(C(=O)C(Cc2ccccc2)NS(=O)(=O)c2ccc3c(c2)OCCO3)CC1. The number of carbonyl (C=O) groups excluding carboxylic acids is 1. The summed E-state index contributed by atoms with van der Waals surface area (Å²) in [7, 11) is -3.94. The maximum atomic E-state index is 13.3. The molecule has 2 aliphatic heterocycles. The third-order valence-electron chi connectivity index (χ3n) is 5.80. The smallest absolute Gasteiger partial charge is 0.241 e. The van der Waals surface area contributed by atoms with Crippen LogP contribution >= 0.6 is 0 Å². The van der Waals surface area contributed by atoms with E-state index in [2.05, 4.69) is 11.6 Å². The lowest BCUT2D eigenvalue weighted by molar-refractivity contribution is -0.134. The number of nitrogens with zero attached hydrogens (tertiary/aromatic N) is 1. The van der Waals surface area contributed by atoms with Gasteiger partial charge < -0.3 is 14.4 Å². The van der Waals surface area contributed by atoms with Crippen molar-refractivity contribution in [1.29, 1.82) is 0 Å². The Labute approximate surface area is 183 Å². The Morgan fingerprint density at radius 1 is 1.06 bits per heavy atom. The molecule has 1 amide bonds. The van der Waals surface area contributed by atoms with Crippen LogP contribution in [0.4, 0.5) is 0 Å². The van der Waals surface area contributed by atoms with Crippen LogP contribution in [-0.2, 0) is 21.2 Å². The number of ether oxygens (including phenoxy) is 2.